The molecule has 0 aliphatic heterocycles. The normalized spacial score (nSPS) is 26.9. The van der Waals surface area contributed by atoms with E-state index in [1.165, 1.54) is 18.4 Å². The zero-order valence-electron chi connectivity index (χ0n) is 14.7. The van der Waals surface area contributed by atoms with Crippen LogP contribution in [0, 0.1) is 5.41 Å². The molecule has 4 nitrogen and oxygen atoms in total. The van der Waals surface area contributed by atoms with E-state index in [2.05, 4.69) is 13.0 Å². The molecule has 1 fully saturated rings. The summed E-state index contributed by atoms with van der Waals surface area (Å²) in [5.74, 6) is 1.09. The first kappa shape index (κ1) is 17.2. The summed E-state index contributed by atoms with van der Waals surface area (Å²) in [4.78, 5) is 12.3. The molecule has 2 aliphatic carbocycles. The number of ether oxygens (including phenoxy) is 3. The Hall–Kier alpha value is -1.65. The number of carbonyl (C=O) groups excluding carboxylic acids is 1. The molecule has 0 spiro atoms. The SMILES string of the molecule is COC(OC)Oc1ccccc1C1CC(=O)C=C2CCCCC21C. The van der Waals surface area contributed by atoms with Crippen LogP contribution in [0.25, 0.3) is 0 Å². The molecule has 4 heteroatoms. The number of methoxy groups -OCH3 is 2. The number of hydrogen-bond acceptors (Lipinski definition) is 4. The zero-order chi connectivity index (χ0) is 17.2. The van der Waals surface area contributed by atoms with Crippen LogP contribution in [0.15, 0.2) is 35.9 Å². The minimum atomic E-state index is -0.750. The van der Waals surface area contributed by atoms with E-state index in [-0.39, 0.29) is 17.1 Å². The van der Waals surface area contributed by atoms with E-state index in [0.717, 1.165) is 24.2 Å². The van der Waals surface area contributed by atoms with E-state index < -0.39 is 6.48 Å². The minimum Gasteiger partial charge on any atom is -0.441 e. The molecule has 0 radical (unpaired) electrons. The second-order valence-electron chi connectivity index (χ2n) is 6.93. The van der Waals surface area contributed by atoms with Gasteiger partial charge in [-0.25, -0.2) is 0 Å². The molecule has 2 aliphatic rings. The van der Waals surface area contributed by atoms with Gasteiger partial charge in [0.25, 0.3) is 0 Å². The predicted molar refractivity (Wildman–Crippen MR) is 91.9 cm³/mol. The molecule has 0 N–H and O–H groups in total. The van der Waals surface area contributed by atoms with Crippen LogP contribution < -0.4 is 4.74 Å². The number of allylic oxidation sites excluding steroid dienone is 2. The number of carbonyl (C=O) groups is 1. The summed E-state index contributed by atoms with van der Waals surface area (Å²) < 4.78 is 16.2. The van der Waals surface area contributed by atoms with Crippen LogP contribution in [0.5, 0.6) is 5.75 Å². The van der Waals surface area contributed by atoms with Crippen molar-refractivity contribution in [2.75, 3.05) is 14.2 Å². The first-order valence-electron chi connectivity index (χ1n) is 8.63. The molecular weight excluding hydrogens is 304 g/mol. The van der Waals surface area contributed by atoms with Crippen molar-refractivity contribution in [3.63, 3.8) is 0 Å². The number of benzene rings is 1. The standard InChI is InChI=1S/C20H26O4/c1-20-11-7-6-8-14(20)12-15(21)13-17(20)16-9-4-5-10-18(16)24-19(22-2)23-3/h4-5,9-10,12,17,19H,6-8,11,13H2,1-3H3. The van der Waals surface area contributed by atoms with Crippen molar-refractivity contribution in [3.05, 3.63) is 41.5 Å². The van der Waals surface area contributed by atoms with Gasteiger partial charge in [0.05, 0.1) is 0 Å². The maximum Gasteiger partial charge on any atom is 0.315 e. The smallest absolute Gasteiger partial charge is 0.315 e. The van der Waals surface area contributed by atoms with Gasteiger partial charge in [0.1, 0.15) is 5.75 Å². The Balaban J connectivity index is 1.99. The summed E-state index contributed by atoms with van der Waals surface area (Å²) in [7, 11) is 3.09. The highest BCUT2D eigenvalue weighted by Gasteiger charge is 2.44. The average molecular weight is 330 g/mol. The summed E-state index contributed by atoms with van der Waals surface area (Å²) in [5.41, 5.74) is 2.40. The van der Waals surface area contributed by atoms with Gasteiger partial charge in [-0.2, -0.15) is 0 Å². The van der Waals surface area contributed by atoms with Gasteiger partial charge < -0.3 is 14.2 Å². The third kappa shape index (κ3) is 3.13. The van der Waals surface area contributed by atoms with Gasteiger partial charge >= 0.3 is 6.48 Å². The molecule has 1 aromatic rings. The Morgan fingerprint density at radius 1 is 1.17 bits per heavy atom. The maximum atomic E-state index is 12.3. The van der Waals surface area contributed by atoms with Gasteiger partial charge in [0.15, 0.2) is 5.78 Å². The summed E-state index contributed by atoms with van der Waals surface area (Å²) >= 11 is 0. The van der Waals surface area contributed by atoms with Crippen LogP contribution in [0.3, 0.4) is 0 Å². The van der Waals surface area contributed by atoms with E-state index in [1.54, 1.807) is 14.2 Å². The van der Waals surface area contributed by atoms with Gasteiger partial charge in [-0.1, -0.05) is 37.1 Å². The van der Waals surface area contributed by atoms with Gasteiger partial charge in [-0.3, -0.25) is 4.79 Å². The molecule has 0 saturated heterocycles. The van der Waals surface area contributed by atoms with E-state index in [0.29, 0.717) is 6.42 Å². The Morgan fingerprint density at radius 3 is 2.67 bits per heavy atom. The lowest BCUT2D eigenvalue weighted by molar-refractivity contribution is -0.219. The number of para-hydroxylation sites is 1. The van der Waals surface area contributed by atoms with E-state index in [9.17, 15) is 4.79 Å². The van der Waals surface area contributed by atoms with Crippen LogP contribution in [-0.2, 0) is 14.3 Å². The molecule has 0 heterocycles. The largest absolute Gasteiger partial charge is 0.441 e. The van der Waals surface area contributed by atoms with Gasteiger partial charge in [0, 0.05) is 26.6 Å². The van der Waals surface area contributed by atoms with Gasteiger partial charge in [0.2, 0.25) is 0 Å². The molecule has 1 aromatic carbocycles. The fraction of sp³-hybridized carbons (Fsp3) is 0.550. The summed E-state index contributed by atoms with van der Waals surface area (Å²) in [6, 6.07) is 7.94. The average Bonchev–Trinajstić information content (AvgIpc) is 2.60. The van der Waals surface area contributed by atoms with E-state index in [4.69, 9.17) is 14.2 Å². The Kier molecular flexibility index (Phi) is 5.07. The van der Waals surface area contributed by atoms with Crippen molar-refractivity contribution in [3.8, 4) is 5.75 Å². The number of hydrogen-bond donors (Lipinski definition) is 0. The summed E-state index contributed by atoms with van der Waals surface area (Å²) in [6.45, 7) is 1.55. The second-order valence-corrected chi connectivity index (χ2v) is 6.93. The molecule has 3 rings (SSSR count). The van der Waals surface area contributed by atoms with Crippen LogP contribution in [0.1, 0.15) is 50.5 Å². The molecule has 2 unspecified atom stereocenters. The zero-order valence-corrected chi connectivity index (χ0v) is 14.7. The molecule has 1 saturated carbocycles. The lowest BCUT2D eigenvalue weighted by Gasteiger charge is -2.45. The summed E-state index contributed by atoms with van der Waals surface area (Å²) in [6.07, 6.45) is 6.95. The summed E-state index contributed by atoms with van der Waals surface area (Å²) in [5, 5.41) is 0. The maximum absolute atomic E-state index is 12.3. The fourth-order valence-electron chi connectivity index (χ4n) is 4.19. The van der Waals surface area contributed by atoms with Crippen LogP contribution in [-0.4, -0.2) is 26.5 Å². The lowest BCUT2D eigenvalue weighted by atomic mass is 9.58. The monoisotopic (exact) mass is 330 g/mol. The first-order valence-corrected chi connectivity index (χ1v) is 8.63. The highest BCUT2D eigenvalue weighted by molar-refractivity contribution is 5.92. The molecule has 2 atom stereocenters. The van der Waals surface area contributed by atoms with Crippen molar-refractivity contribution in [1.82, 2.24) is 0 Å². The second kappa shape index (κ2) is 7.08. The Labute approximate surface area is 143 Å². The van der Waals surface area contributed by atoms with Crippen LogP contribution in [0.4, 0.5) is 0 Å². The van der Waals surface area contributed by atoms with Gasteiger partial charge in [-0.15, -0.1) is 0 Å². The molecule has 0 aromatic heterocycles. The predicted octanol–water partition coefficient (Wildman–Crippen LogP) is 4.20. The lowest BCUT2D eigenvalue weighted by Crippen LogP contribution is -2.36. The van der Waals surface area contributed by atoms with E-state index >= 15 is 0 Å². The molecule has 24 heavy (non-hydrogen) atoms. The van der Waals surface area contributed by atoms with Crippen LogP contribution >= 0.6 is 0 Å². The Morgan fingerprint density at radius 2 is 1.92 bits per heavy atom. The van der Waals surface area contributed by atoms with Crippen molar-refractivity contribution in [1.29, 1.82) is 0 Å². The fourth-order valence-corrected chi connectivity index (χ4v) is 4.19. The minimum absolute atomic E-state index is 0.0290. The van der Waals surface area contributed by atoms with Crippen molar-refractivity contribution < 1.29 is 19.0 Å². The number of rotatable bonds is 5. The highest BCUT2D eigenvalue weighted by atomic mass is 16.8. The third-order valence-electron chi connectivity index (χ3n) is 5.54. The first-order chi connectivity index (χ1) is 11.6. The quantitative estimate of drug-likeness (QED) is 0.759. The van der Waals surface area contributed by atoms with Crippen molar-refractivity contribution in [2.45, 2.75) is 51.4 Å². The van der Waals surface area contributed by atoms with Crippen molar-refractivity contribution >= 4 is 5.78 Å². The highest BCUT2D eigenvalue weighted by Crippen LogP contribution is 2.55. The molecule has 0 amide bonds. The molecule has 0 bridgehead atoms. The molecule has 130 valence electrons. The van der Waals surface area contributed by atoms with Crippen LogP contribution in [0.2, 0.25) is 0 Å². The van der Waals surface area contributed by atoms with E-state index in [1.807, 2.05) is 24.3 Å². The van der Waals surface area contributed by atoms with Gasteiger partial charge in [-0.05, 0) is 42.4 Å². The third-order valence-corrected chi connectivity index (χ3v) is 5.54. The number of fused-ring (bicyclic) bond motifs is 1. The number of ketones is 1. The topological polar surface area (TPSA) is 44.8 Å². The molecular formula is C20H26O4. The van der Waals surface area contributed by atoms with Crippen molar-refractivity contribution in [2.24, 2.45) is 5.41 Å². The Bertz CT molecular complexity index is 632.